The Morgan fingerprint density at radius 2 is 1.78 bits per heavy atom. The number of hydrogen-bond acceptors (Lipinski definition) is 5. The molecule has 2 fully saturated rings. The Bertz CT molecular complexity index is 883. The first-order valence-electron chi connectivity index (χ1n) is 11.0. The predicted molar refractivity (Wildman–Crippen MR) is 125 cm³/mol. The average Bonchev–Trinajstić information content (AvgIpc) is 3.22. The maximum absolute atomic E-state index is 13.2. The van der Waals surface area contributed by atoms with Gasteiger partial charge in [0.05, 0.1) is 17.2 Å². The fourth-order valence-electron chi connectivity index (χ4n) is 3.74. The van der Waals surface area contributed by atoms with Crippen LogP contribution < -0.4 is 5.46 Å². The lowest BCUT2D eigenvalue weighted by Gasteiger charge is -2.32. The fourth-order valence-corrected chi connectivity index (χ4v) is 3.94. The van der Waals surface area contributed by atoms with Crippen LogP contribution in [-0.2, 0) is 14.0 Å². The summed E-state index contributed by atoms with van der Waals surface area (Å²) in [5, 5.41) is 0.490. The first kappa shape index (κ1) is 24.9. The molecule has 0 bridgehead atoms. The molecule has 0 saturated carbocycles. The summed E-state index contributed by atoms with van der Waals surface area (Å²) in [7, 11) is 1.07. The number of ether oxygens (including phenoxy) is 1. The summed E-state index contributed by atoms with van der Waals surface area (Å²) in [5.74, 6) is -0.112. The highest BCUT2D eigenvalue weighted by Gasteiger charge is 2.52. The van der Waals surface area contributed by atoms with Crippen LogP contribution >= 0.6 is 11.6 Å². The number of benzene rings is 1. The number of halogens is 1. The first-order chi connectivity index (χ1) is 14.6. The number of nitrogens with zero attached hydrogens (tertiary/aromatic N) is 2. The van der Waals surface area contributed by atoms with Gasteiger partial charge in [-0.3, -0.25) is 4.79 Å². The largest absolute Gasteiger partial charge is 0.496 e. The van der Waals surface area contributed by atoms with Crippen LogP contribution in [0.5, 0.6) is 0 Å². The van der Waals surface area contributed by atoms with Crippen molar-refractivity contribution in [1.29, 1.82) is 0 Å². The van der Waals surface area contributed by atoms with Crippen LogP contribution in [0.25, 0.3) is 0 Å². The zero-order valence-corrected chi connectivity index (χ0v) is 21.1. The smallest absolute Gasteiger partial charge is 0.444 e. The zero-order chi connectivity index (χ0) is 24.1. The second-order valence-corrected chi connectivity index (χ2v) is 11.0. The molecule has 0 spiro atoms. The van der Waals surface area contributed by atoms with E-state index in [9.17, 15) is 9.59 Å². The molecule has 2 amide bonds. The zero-order valence-electron chi connectivity index (χ0n) is 20.3. The molecule has 2 aliphatic rings. The van der Waals surface area contributed by atoms with Crippen molar-refractivity contribution in [3.05, 3.63) is 28.8 Å². The highest BCUT2D eigenvalue weighted by atomic mass is 35.5. The molecule has 1 atom stereocenters. The quantitative estimate of drug-likeness (QED) is 0.638. The Labute approximate surface area is 196 Å². The van der Waals surface area contributed by atoms with E-state index in [4.69, 9.17) is 25.6 Å². The monoisotopic (exact) mass is 464 g/mol. The van der Waals surface area contributed by atoms with Crippen molar-refractivity contribution >= 4 is 36.2 Å². The Morgan fingerprint density at radius 1 is 1.19 bits per heavy atom. The van der Waals surface area contributed by atoms with Gasteiger partial charge in [-0.2, -0.15) is 0 Å². The van der Waals surface area contributed by atoms with Crippen molar-refractivity contribution in [2.45, 2.75) is 77.7 Å². The van der Waals surface area contributed by atoms with Crippen LogP contribution in [0.2, 0.25) is 5.02 Å². The van der Waals surface area contributed by atoms with E-state index in [1.807, 2.05) is 48.5 Å². The lowest BCUT2D eigenvalue weighted by Crippen LogP contribution is -2.42. The fraction of sp³-hybridized carbons (Fsp3) is 0.652. The van der Waals surface area contributed by atoms with Gasteiger partial charge in [0.25, 0.3) is 5.91 Å². The summed E-state index contributed by atoms with van der Waals surface area (Å²) < 4.78 is 17.7. The summed E-state index contributed by atoms with van der Waals surface area (Å²) in [6.07, 6.45) is 0.311. The number of rotatable bonds is 3. The average molecular weight is 465 g/mol. The number of carbonyl (C=O) groups excluding carboxylic acids is 2. The standard InChI is InChI=1S/C23H34BClN2O5/c1-21(2,3)30-20(29)26(8)16-11-12-27(14-16)19(28)15-9-10-18(25)17(13-15)24-31-22(4,5)23(6,7)32-24/h9-10,13,16H,11-12,14H2,1-8H3/t16-/m1/s1. The van der Waals surface area contributed by atoms with E-state index in [-0.39, 0.29) is 18.0 Å². The Kier molecular flexibility index (Phi) is 6.64. The molecule has 3 rings (SSSR count). The predicted octanol–water partition coefficient (Wildman–Crippen LogP) is 3.72. The van der Waals surface area contributed by atoms with E-state index < -0.39 is 23.9 Å². The highest BCUT2D eigenvalue weighted by Crippen LogP contribution is 2.37. The van der Waals surface area contributed by atoms with Gasteiger partial charge in [-0.05, 0) is 73.1 Å². The van der Waals surface area contributed by atoms with E-state index in [1.165, 1.54) is 0 Å². The van der Waals surface area contributed by atoms with Crippen molar-refractivity contribution in [1.82, 2.24) is 9.80 Å². The minimum Gasteiger partial charge on any atom is -0.444 e. The summed E-state index contributed by atoms with van der Waals surface area (Å²) in [5.41, 5.74) is -0.421. The third-order valence-corrected chi connectivity index (χ3v) is 6.77. The molecule has 7 nitrogen and oxygen atoms in total. The molecule has 1 aromatic carbocycles. The minimum atomic E-state index is -0.648. The minimum absolute atomic E-state index is 0.0938. The van der Waals surface area contributed by atoms with Crippen LogP contribution in [0, 0.1) is 0 Å². The number of likely N-dealkylation sites (N-methyl/N-ethyl adjacent to an activating group) is 1. The van der Waals surface area contributed by atoms with Gasteiger partial charge in [0.1, 0.15) is 5.60 Å². The lowest BCUT2D eigenvalue weighted by atomic mass is 9.78. The van der Waals surface area contributed by atoms with Gasteiger partial charge >= 0.3 is 13.2 Å². The van der Waals surface area contributed by atoms with Crippen molar-refractivity contribution in [2.24, 2.45) is 0 Å². The first-order valence-corrected chi connectivity index (χ1v) is 11.4. The number of carbonyl (C=O) groups is 2. The number of likely N-dealkylation sites (tertiary alicyclic amines) is 1. The van der Waals surface area contributed by atoms with Gasteiger partial charge in [0, 0.05) is 36.2 Å². The normalized spacial score (nSPS) is 22.2. The SMILES string of the molecule is CN(C(=O)OC(C)(C)C)[C@@H]1CCN(C(=O)c2ccc(Cl)c(B3OC(C)(C)C(C)(C)O3)c2)C1. The van der Waals surface area contributed by atoms with Gasteiger partial charge < -0.3 is 23.8 Å². The van der Waals surface area contributed by atoms with Crippen molar-refractivity contribution < 1.29 is 23.6 Å². The molecular weight excluding hydrogens is 431 g/mol. The summed E-state index contributed by atoms with van der Waals surface area (Å²) in [6, 6.07) is 5.07. The van der Waals surface area contributed by atoms with Gasteiger partial charge in [-0.1, -0.05) is 11.6 Å². The molecule has 0 unspecified atom stereocenters. The van der Waals surface area contributed by atoms with Crippen LogP contribution in [0.4, 0.5) is 4.79 Å². The third-order valence-electron chi connectivity index (χ3n) is 6.43. The summed E-state index contributed by atoms with van der Waals surface area (Å²) in [6.45, 7) is 14.4. The molecule has 2 heterocycles. The highest BCUT2D eigenvalue weighted by molar-refractivity contribution is 6.65. The Balaban J connectivity index is 1.71. The van der Waals surface area contributed by atoms with Crippen LogP contribution in [-0.4, -0.2) is 71.9 Å². The maximum atomic E-state index is 13.2. The second-order valence-electron chi connectivity index (χ2n) is 10.6. The molecule has 32 heavy (non-hydrogen) atoms. The number of hydrogen-bond donors (Lipinski definition) is 0. The van der Waals surface area contributed by atoms with E-state index >= 15 is 0 Å². The molecule has 176 valence electrons. The molecule has 1 aromatic rings. The maximum Gasteiger partial charge on any atom is 0.496 e. The molecule has 2 aliphatic heterocycles. The molecule has 9 heteroatoms. The van der Waals surface area contributed by atoms with E-state index in [2.05, 4.69) is 0 Å². The van der Waals surface area contributed by atoms with Gasteiger partial charge in [0.2, 0.25) is 0 Å². The summed E-state index contributed by atoms with van der Waals surface area (Å²) >= 11 is 6.44. The van der Waals surface area contributed by atoms with E-state index in [1.54, 1.807) is 35.0 Å². The lowest BCUT2D eigenvalue weighted by molar-refractivity contribution is 0.00578. The van der Waals surface area contributed by atoms with Crippen molar-refractivity contribution in [3.63, 3.8) is 0 Å². The van der Waals surface area contributed by atoms with Gasteiger partial charge in [-0.25, -0.2) is 4.79 Å². The third kappa shape index (κ3) is 5.08. The Hall–Kier alpha value is -1.77. The van der Waals surface area contributed by atoms with E-state index in [0.717, 1.165) is 0 Å². The second kappa shape index (κ2) is 8.54. The molecule has 0 radical (unpaired) electrons. The van der Waals surface area contributed by atoms with Crippen molar-refractivity contribution in [3.8, 4) is 0 Å². The molecular formula is C23H34BClN2O5. The van der Waals surface area contributed by atoms with E-state index in [0.29, 0.717) is 35.6 Å². The molecule has 0 aromatic heterocycles. The Morgan fingerprint density at radius 3 is 2.34 bits per heavy atom. The van der Waals surface area contributed by atoms with Crippen LogP contribution in [0.15, 0.2) is 18.2 Å². The molecule has 2 saturated heterocycles. The van der Waals surface area contributed by atoms with Gasteiger partial charge in [0.15, 0.2) is 0 Å². The van der Waals surface area contributed by atoms with Crippen LogP contribution in [0.1, 0.15) is 65.2 Å². The number of amides is 2. The van der Waals surface area contributed by atoms with Gasteiger partial charge in [-0.15, -0.1) is 0 Å². The van der Waals surface area contributed by atoms with Crippen LogP contribution in [0.3, 0.4) is 0 Å². The van der Waals surface area contributed by atoms with Crippen molar-refractivity contribution in [2.75, 3.05) is 20.1 Å². The summed E-state index contributed by atoms with van der Waals surface area (Å²) in [4.78, 5) is 28.9. The molecule has 0 N–H and O–H groups in total. The topological polar surface area (TPSA) is 68.3 Å². The molecule has 0 aliphatic carbocycles.